The molecule has 1 aromatic heterocycles. The van der Waals surface area contributed by atoms with Gasteiger partial charge in [-0.05, 0) is 58.1 Å². The molecule has 0 bridgehead atoms. The Kier molecular flexibility index (Phi) is 10.3. The maximum Gasteiger partial charge on any atom is 0.416 e. The van der Waals surface area contributed by atoms with Crippen molar-refractivity contribution in [1.82, 2.24) is 4.98 Å². The Morgan fingerprint density at radius 2 is 1.19 bits per heavy atom. The molecule has 0 spiro atoms. The third kappa shape index (κ3) is 9.01. The van der Waals surface area contributed by atoms with E-state index in [1.54, 1.807) is 12.4 Å². The van der Waals surface area contributed by atoms with Crippen LogP contribution in [0.15, 0.2) is 128 Å². The molecule has 0 fully saturated rings. The zero-order valence-corrected chi connectivity index (χ0v) is 22.7. The largest absolute Gasteiger partial charge is 0.416 e. The molecule has 0 aliphatic carbocycles. The maximum atomic E-state index is 12.6. The molecule has 1 unspecified atom stereocenters. The van der Waals surface area contributed by atoms with Crippen LogP contribution in [0.5, 0.6) is 0 Å². The fourth-order valence-corrected chi connectivity index (χ4v) is 4.29. The second kappa shape index (κ2) is 14.1. The van der Waals surface area contributed by atoms with Gasteiger partial charge in [0.25, 0.3) is 0 Å². The zero-order valence-electron chi connectivity index (χ0n) is 22.7. The van der Waals surface area contributed by atoms with E-state index in [-0.39, 0.29) is 13.2 Å². The lowest BCUT2D eigenvalue weighted by Crippen LogP contribution is -2.06. The molecule has 0 aliphatic heterocycles. The lowest BCUT2D eigenvalue weighted by atomic mass is 9.93. The third-order valence-electron chi connectivity index (χ3n) is 6.39. The number of halogens is 6. The summed E-state index contributed by atoms with van der Waals surface area (Å²) in [5.74, 6) is 0. The van der Waals surface area contributed by atoms with Gasteiger partial charge in [0.15, 0.2) is 0 Å². The van der Waals surface area contributed by atoms with Gasteiger partial charge in [0.1, 0.15) is 6.10 Å². The van der Waals surface area contributed by atoms with E-state index >= 15 is 0 Å². The van der Waals surface area contributed by atoms with E-state index in [9.17, 15) is 31.4 Å². The Morgan fingerprint density at radius 3 is 1.72 bits per heavy atom. The molecular weight excluding hydrogens is 568 g/mol. The van der Waals surface area contributed by atoms with Crippen LogP contribution >= 0.6 is 0 Å². The Balaban J connectivity index is 0.000000198. The van der Waals surface area contributed by atoms with E-state index in [1.807, 2.05) is 54.6 Å². The summed E-state index contributed by atoms with van der Waals surface area (Å²) in [5.41, 5.74) is 2.85. The number of ether oxygens (including phenoxy) is 1. The SMILES string of the molecule is FC(F)(F)c1cccc(COCc2cccc(C(F)(F)F)c2)c1.OC(c1cccnc1)c1ccccc1-c1ccccc1. The number of hydrogen-bond acceptors (Lipinski definition) is 3. The van der Waals surface area contributed by atoms with Crippen LogP contribution in [-0.4, -0.2) is 10.1 Å². The van der Waals surface area contributed by atoms with Gasteiger partial charge in [0, 0.05) is 18.0 Å². The number of hydrogen-bond donors (Lipinski definition) is 1. The van der Waals surface area contributed by atoms with Crippen LogP contribution in [0, 0.1) is 0 Å². The average molecular weight is 596 g/mol. The molecule has 3 nitrogen and oxygen atoms in total. The highest BCUT2D eigenvalue weighted by Crippen LogP contribution is 2.32. The highest BCUT2D eigenvalue weighted by molar-refractivity contribution is 5.68. The van der Waals surface area contributed by atoms with Gasteiger partial charge in [0.05, 0.1) is 24.3 Å². The first-order valence-corrected chi connectivity index (χ1v) is 13.1. The van der Waals surface area contributed by atoms with Crippen molar-refractivity contribution in [1.29, 1.82) is 0 Å². The molecule has 43 heavy (non-hydrogen) atoms. The van der Waals surface area contributed by atoms with Crippen LogP contribution in [-0.2, 0) is 30.3 Å². The average Bonchev–Trinajstić information content (AvgIpc) is 3.01. The normalized spacial score (nSPS) is 12.3. The van der Waals surface area contributed by atoms with Crippen molar-refractivity contribution in [3.8, 4) is 11.1 Å². The number of pyridine rings is 1. The lowest BCUT2D eigenvalue weighted by molar-refractivity contribution is -0.138. The summed E-state index contributed by atoms with van der Waals surface area (Å²) >= 11 is 0. The minimum atomic E-state index is -4.45. The molecule has 0 radical (unpaired) electrons. The number of aliphatic hydroxyl groups excluding tert-OH is 1. The lowest BCUT2D eigenvalue weighted by Gasteiger charge is -2.15. The molecule has 0 aliphatic rings. The summed E-state index contributed by atoms with van der Waals surface area (Å²) in [7, 11) is 0. The summed E-state index contributed by atoms with van der Waals surface area (Å²) in [6.07, 6.45) is -6.15. The van der Waals surface area contributed by atoms with Crippen LogP contribution in [0.25, 0.3) is 11.1 Å². The maximum absolute atomic E-state index is 12.6. The number of alkyl halides is 6. The van der Waals surface area contributed by atoms with Gasteiger partial charge in [-0.15, -0.1) is 0 Å². The minimum absolute atomic E-state index is 0.125. The van der Waals surface area contributed by atoms with E-state index < -0.39 is 29.6 Å². The molecule has 0 saturated heterocycles. The quantitative estimate of drug-likeness (QED) is 0.191. The van der Waals surface area contributed by atoms with Gasteiger partial charge in [-0.2, -0.15) is 26.3 Å². The molecular formula is C34H27F6NO2. The van der Waals surface area contributed by atoms with Gasteiger partial charge in [-0.1, -0.05) is 84.9 Å². The predicted octanol–water partition coefficient (Wildman–Crippen LogP) is 9.27. The molecule has 0 saturated carbocycles. The van der Waals surface area contributed by atoms with Crippen LogP contribution < -0.4 is 0 Å². The standard InChI is InChI=1S/C18H15NO.C16H12F6O/c20-18(15-9-6-12-19-13-15)17-11-5-4-10-16(17)14-7-2-1-3-8-14;17-15(18,19)13-5-1-3-11(7-13)9-23-10-12-4-2-6-14(8-12)16(20,21)22/h1-13,18,20H;1-8H,9-10H2. The first-order valence-electron chi connectivity index (χ1n) is 13.1. The van der Waals surface area contributed by atoms with Crippen LogP contribution in [0.1, 0.15) is 39.5 Å². The molecule has 1 heterocycles. The summed E-state index contributed by atoms with van der Waals surface area (Å²) in [6.45, 7) is -0.250. The van der Waals surface area contributed by atoms with Crippen molar-refractivity contribution in [2.24, 2.45) is 0 Å². The molecule has 1 N–H and O–H groups in total. The highest BCUT2D eigenvalue weighted by atomic mass is 19.4. The van der Waals surface area contributed by atoms with Crippen molar-refractivity contribution in [2.75, 3.05) is 0 Å². The van der Waals surface area contributed by atoms with Crippen molar-refractivity contribution >= 4 is 0 Å². The molecule has 5 rings (SSSR count). The number of aliphatic hydroxyl groups is 1. The molecule has 5 aromatic rings. The van der Waals surface area contributed by atoms with Gasteiger partial charge in [-0.25, -0.2) is 0 Å². The first-order chi connectivity index (χ1) is 20.5. The molecule has 9 heteroatoms. The first kappa shape index (κ1) is 31.5. The van der Waals surface area contributed by atoms with E-state index in [2.05, 4.69) is 17.1 Å². The van der Waals surface area contributed by atoms with Crippen molar-refractivity contribution in [2.45, 2.75) is 31.7 Å². The van der Waals surface area contributed by atoms with Crippen LogP contribution in [0.2, 0.25) is 0 Å². The molecule has 4 aromatic carbocycles. The van der Waals surface area contributed by atoms with Crippen molar-refractivity contribution in [3.63, 3.8) is 0 Å². The fourth-order valence-electron chi connectivity index (χ4n) is 4.29. The summed E-state index contributed by atoms with van der Waals surface area (Å²) in [4.78, 5) is 4.07. The third-order valence-corrected chi connectivity index (χ3v) is 6.39. The number of rotatable bonds is 7. The van der Waals surface area contributed by atoms with Gasteiger partial charge in [0.2, 0.25) is 0 Å². The molecule has 0 amide bonds. The number of benzene rings is 4. The predicted molar refractivity (Wildman–Crippen MR) is 152 cm³/mol. The van der Waals surface area contributed by atoms with Crippen molar-refractivity contribution in [3.05, 3.63) is 161 Å². The Hall–Kier alpha value is -4.47. The van der Waals surface area contributed by atoms with E-state index in [4.69, 9.17) is 4.74 Å². The van der Waals surface area contributed by atoms with Gasteiger partial charge < -0.3 is 9.84 Å². The fraction of sp³-hybridized carbons (Fsp3) is 0.147. The van der Waals surface area contributed by atoms with Crippen LogP contribution in [0.4, 0.5) is 26.3 Å². The summed E-state index contributed by atoms with van der Waals surface area (Å²) in [5, 5.41) is 10.6. The Morgan fingerprint density at radius 1 is 0.628 bits per heavy atom. The monoisotopic (exact) mass is 595 g/mol. The van der Waals surface area contributed by atoms with E-state index in [1.165, 1.54) is 24.3 Å². The van der Waals surface area contributed by atoms with Crippen molar-refractivity contribution < 1.29 is 36.2 Å². The number of aromatic nitrogens is 1. The summed E-state index contributed by atoms with van der Waals surface area (Å²) < 4.78 is 80.6. The zero-order chi connectivity index (χ0) is 30.9. The Labute approximate surface area is 245 Å². The van der Waals surface area contributed by atoms with E-state index in [0.29, 0.717) is 11.1 Å². The van der Waals surface area contributed by atoms with Crippen LogP contribution in [0.3, 0.4) is 0 Å². The summed E-state index contributed by atoms with van der Waals surface area (Å²) in [6, 6.07) is 31.0. The second-order valence-corrected chi connectivity index (χ2v) is 9.53. The van der Waals surface area contributed by atoms with E-state index in [0.717, 1.165) is 46.5 Å². The second-order valence-electron chi connectivity index (χ2n) is 9.53. The molecule has 222 valence electrons. The topological polar surface area (TPSA) is 42.4 Å². The van der Waals surface area contributed by atoms with Gasteiger partial charge in [-0.3, -0.25) is 4.98 Å². The van der Waals surface area contributed by atoms with Gasteiger partial charge >= 0.3 is 12.4 Å². The highest BCUT2D eigenvalue weighted by Gasteiger charge is 2.31. The number of nitrogens with zero attached hydrogens (tertiary/aromatic N) is 1. The molecule has 1 atom stereocenters. The Bertz CT molecular complexity index is 1530. The smallest absolute Gasteiger partial charge is 0.384 e. The minimum Gasteiger partial charge on any atom is -0.384 e.